The third-order valence-corrected chi connectivity index (χ3v) is 6.60. The number of halogens is 2. The zero-order chi connectivity index (χ0) is 19.8. The summed E-state index contributed by atoms with van der Waals surface area (Å²) >= 11 is 3.49. The van der Waals surface area contributed by atoms with Crippen LogP contribution in [-0.2, 0) is 9.61 Å². The van der Waals surface area contributed by atoms with Gasteiger partial charge < -0.3 is 7.97 Å². The highest BCUT2D eigenvalue weighted by Gasteiger charge is 2.41. The summed E-state index contributed by atoms with van der Waals surface area (Å²) < 4.78 is 20.2. The SMILES string of the molecule is CCN(Cc1cc(=O)n2c(C3CC3COI)c(C)sc2n1)c1ccc(F)cc1. The molecule has 2 unspecified atom stereocenters. The zero-order valence-corrected chi connectivity index (χ0v) is 18.7. The number of aryl methyl sites for hydroxylation is 1. The van der Waals surface area contributed by atoms with Crippen molar-refractivity contribution < 1.29 is 7.46 Å². The molecule has 2 aromatic heterocycles. The van der Waals surface area contributed by atoms with Gasteiger partial charge in [-0.05, 0) is 50.5 Å². The summed E-state index contributed by atoms with van der Waals surface area (Å²) in [5.74, 6) is 0.597. The topological polar surface area (TPSA) is 46.8 Å². The number of fused-ring (bicyclic) bond motifs is 1. The maximum absolute atomic E-state index is 13.2. The minimum Gasteiger partial charge on any atom is -0.366 e. The first kappa shape index (κ1) is 19.8. The van der Waals surface area contributed by atoms with Crippen LogP contribution in [0.1, 0.15) is 35.5 Å². The Bertz CT molecular complexity index is 1050. The zero-order valence-electron chi connectivity index (χ0n) is 15.7. The van der Waals surface area contributed by atoms with Crippen molar-refractivity contribution in [1.29, 1.82) is 0 Å². The van der Waals surface area contributed by atoms with Crippen molar-refractivity contribution in [1.82, 2.24) is 9.38 Å². The molecule has 2 atom stereocenters. The summed E-state index contributed by atoms with van der Waals surface area (Å²) in [5.41, 5.74) is 2.70. The van der Waals surface area contributed by atoms with Crippen LogP contribution < -0.4 is 10.5 Å². The lowest BCUT2D eigenvalue weighted by Crippen LogP contribution is -2.25. The van der Waals surface area contributed by atoms with Crippen LogP contribution in [0.25, 0.3) is 4.96 Å². The van der Waals surface area contributed by atoms with E-state index in [0.29, 0.717) is 25.0 Å². The van der Waals surface area contributed by atoms with E-state index in [1.165, 1.54) is 12.1 Å². The van der Waals surface area contributed by atoms with Crippen LogP contribution in [0.2, 0.25) is 0 Å². The van der Waals surface area contributed by atoms with Crippen LogP contribution >= 0.6 is 34.3 Å². The van der Waals surface area contributed by atoms with E-state index in [0.717, 1.165) is 39.9 Å². The Morgan fingerprint density at radius 3 is 2.82 bits per heavy atom. The Morgan fingerprint density at radius 1 is 1.39 bits per heavy atom. The van der Waals surface area contributed by atoms with Gasteiger partial charge in [0.05, 0.1) is 18.8 Å². The van der Waals surface area contributed by atoms with E-state index >= 15 is 0 Å². The number of rotatable bonds is 7. The van der Waals surface area contributed by atoms with Gasteiger partial charge in [-0.2, -0.15) is 0 Å². The summed E-state index contributed by atoms with van der Waals surface area (Å²) in [6, 6.07) is 8.02. The van der Waals surface area contributed by atoms with Crippen molar-refractivity contribution in [2.75, 3.05) is 18.1 Å². The Hall–Kier alpha value is -1.52. The number of hydrogen-bond acceptors (Lipinski definition) is 5. The highest BCUT2D eigenvalue weighted by Crippen LogP contribution is 2.49. The van der Waals surface area contributed by atoms with Gasteiger partial charge in [0.2, 0.25) is 0 Å². The second kappa shape index (κ2) is 8.08. The minimum absolute atomic E-state index is 0.0319. The summed E-state index contributed by atoms with van der Waals surface area (Å²) in [7, 11) is 0. The number of hydrogen-bond donors (Lipinski definition) is 0. The number of anilines is 1. The molecule has 1 aliphatic rings. The lowest BCUT2D eigenvalue weighted by atomic mass is 10.2. The predicted octanol–water partition coefficient (Wildman–Crippen LogP) is 4.70. The largest absolute Gasteiger partial charge is 0.366 e. The van der Waals surface area contributed by atoms with Gasteiger partial charge in [0, 0.05) is 34.8 Å². The molecule has 0 amide bonds. The molecule has 0 spiro atoms. The molecule has 28 heavy (non-hydrogen) atoms. The molecule has 0 aliphatic heterocycles. The van der Waals surface area contributed by atoms with E-state index in [1.54, 1.807) is 33.9 Å². The predicted molar refractivity (Wildman–Crippen MR) is 118 cm³/mol. The lowest BCUT2D eigenvalue weighted by Gasteiger charge is -2.22. The summed E-state index contributed by atoms with van der Waals surface area (Å²) in [6.07, 6.45) is 1.05. The Morgan fingerprint density at radius 2 is 2.14 bits per heavy atom. The average Bonchev–Trinajstić information content (AvgIpc) is 3.33. The number of thiazole rings is 1. The quantitative estimate of drug-likeness (QED) is 0.430. The molecule has 0 radical (unpaired) electrons. The molecule has 4 rings (SSSR count). The van der Waals surface area contributed by atoms with Crippen molar-refractivity contribution in [3.05, 3.63) is 62.8 Å². The fraction of sp³-hybridized carbons (Fsp3) is 0.400. The highest BCUT2D eigenvalue weighted by molar-refractivity contribution is 14.1. The first-order valence-corrected chi connectivity index (χ1v) is 11.0. The molecular formula is C20H21FIN3O2S. The van der Waals surface area contributed by atoms with Crippen molar-refractivity contribution in [3.63, 3.8) is 0 Å². The normalized spacial score (nSPS) is 18.6. The average molecular weight is 513 g/mol. The van der Waals surface area contributed by atoms with Gasteiger partial charge in [0.25, 0.3) is 5.56 Å². The van der Waals surface area contributed by atoms with Crippen molar-refractivity contribution in [2.24, 2.45) is 5.92 Å². The summed E-state index contributed by atoms with van der Waals surface area (Å²) in [5, 5.41) is 0. The number of nitrogens with zero attached hydrogens (tertiary/aromatic N) is 3. The molecule has 3 aromatic rings. The number of benzene rings is 1. The maximum atomic E-state index is 13.2. The molecule has 0 N–H and O–H groups in total. The Labute approximate surface area is 180 Å². The Kier molecular flexibility index (Phi) is 5.71. The van der Waals surface area contributed by atoms with E-state index < -0.39 is 0 Å². The molecule has 1 fully saturated rings. The second-order valence-electron chi connectivity index (χ2n) is 7.12. The smallest absolute Gasteiger partial charge is 0.259 e. The molecule has 2 heterocycles. The lowest BCUT2D eigenvalue weighted by molar-refractivity contribution is 0.394. The van der Waals surface area contributed by atoms with E-state index in [9.17, 15) is 9.18 Å². The molecule has 8 heteroatoms. The summed E-state index contributed by atoms with van der Waals surface area (Å²) in [6.45, 7) is 6.05. The van der Waals surface area contributed by atoms with Gasteiger partial charge >= 0.3 is 0 Å². The van der Waals surface area contributed by atoms with Crippen molar-refractivity contribution >= 4 is 45.0 Å². The number of aromatic nitrogens is 2. The standard InChI is InChI=1S/C20H21FIN3O2S/c1-3-24(16-6-4-14(21)5-7-16)10-15-9-18(26)25-19(12(2)28-20(25)23-15)17-8-13(17)11-27-22/h4-7,9,13,17H,3,8,10-11H2,1-2H3. The minimum atomic E-state index is -0.259. The van der Waals surface area contributed by atoms with E-state index in [1.807, 2.05) is 29.9 Å². The van der Waals surface area contributed by atoms with E-state index in [4.69, 9.17) is 8.05 Å². The molecule has 148 valence electrons. The van der Waals surface area contributed by atoms with Gasteiger partial charge in [-0.15, -0.1) is 11.3 Å². The molecule has 0 saturated heterocycles. The van der Waals surface area contributed by atoms with Crippen LogP contribution in [-0.4, -0.2) is 22.5 Å². The third-order valence-electron chi connectivity index (χ3n) is 5.26. The molecule has 5 nitrogen and oxygen atoms in total. The van der Waals surface area contributed by atoms with Crippen LogP contribution in [0.4, 0.5) is 10.1 Å². The maximum Gasteiger partial charge on any atom is 0.259 e. The van der Waals surface area contributed by atoms with E-state index in [2.05, 4.69) is 11.8 Å². The van der Waals surface area contributed by atoms with Gasteiger partial charge in [-0.3, -0.25) is 9.20 Å². The Balaban J connectivity index is 1.64. The highest BCUT2D eigenvalue weighted by atomic mass is 127. The van der Waals surface area contributed by atoms with Crippen LogP contribution in [0.5, 0.6) is 0 Å². The molecule has 1 aromatic carbocycles. The molecule has 1 saturated carbocycles. The van der Waals surface area contributed by atoms with Gasteiger partial charge in [-0.1, -0.05) is 0 Å². The van der Waals surface area contributed by atoms with Crippen LogP contribution in [0, 0.1) is 18.7 Å². The molecule has 0 bridgehead atoms. The first-order valence-electron chi connectivity index (χ1n) is 9.27. The van der Waals surface area contributed by atoms with Gasteiger partial charge in [0.1, 0.15) is 28.8 Å². The fourth-order valence-corrected chi connectivity index (χ4v) is 5.26. The van der Waals surface area contributed by atoms with Crippen molar-refractivity contribution in [2.45, 2.75) is 32.7 Å². The van der Waals surface area contributed by atoms with Crippen LogP contribution in [0.15, 0.2) is 35.1 Å². The van der Waals surface area contributed by atoms with Gasteiger partial charge in [-0.25, -0.2) is 9.37 Å². The fourth-order valence-electron chi connectivity index (χ4n) is 3.73. The monoisotopic (exact) mass is 513 g/mol. The first-order chi connectivity index (χ1) is 13.5. The van der Waals surface area contributed by atoms with Gasteiger partial charge in [0.15, 0.2) is 4.96 Å². The second-order valence-corrected chi connectivity index (χ2v) is 8.92. The van der Waals surface area contributed by atoms with Crippen molar-refractivity contribution in [3.8, 4) is 0 Å². The van der Waals surface area contributed by atoms with Crippen LogP contribution in [0.3, 0.4) is 0 Å². The molecule has 1 aliphatic carbocycles. The molecular weight excluding hydrogens is 492 g/mol. The summed E-state index contributed by atoms with van der Waals surface area (Å²) in [4.78, 5) is 21.6. The third kappa shape index (κ3) is 3.81. The van der Waals surface area contributed by atoms with E-state index in [-0.39, 0.29) is 11.4 Å².